The molecular formula is C12H14FNO2S. The van der Waals surface area contributed by atoms with Crippen molar-refractivity contribution in [3.05, 3.63) is 34.5 Å². The van der Waals surface area contributed by atoms with E-state index in [1.54, 1.807) is 12.1 Å². The Balaban J connectivity index is 2.33. The monoisotopic (exact) mass is 255 g/mol. The second-order valence-corrected chi connectivity index (χ2v) is 5.92. The molecule has 0 fully saturated rings. The lowest BCUT2D eigenvalue weighted by atomic mass is 10.2. The topological polar surface area (TPSA) is 46.2 Å². The zero-order valence-electron chi connectivity index (χ0n) is 9.53. The molecule has 92 valence electrons. The van der Waals surface area contributed by atoms with Gasteiger partial charge in [0.25, 0.3) is 0 Å². The number of fused-ring (bicyclic) bond motifs is 1. The maximum Gasteiger partial charge on any atom is 0.206 e. The Morgan fingerprint density at radius 1 is 1.35 bits per heavy atom. The molecule has 0 saturated carbocycles. The predicted octanol–water partition coefficient (Wildman–Crippen LogP) is 1.95. The first-order chi connectivity index (χ1) is 8.07. The fourth-order valence-corrected chi connectivity index (χ4v) is 3.67. The molecule has 17 heavy (non-hydrogen) atoms. The Kier molecular flexibility index (Phi) is 3.31. The van der Waals surface area contributed by atoms with Crippen LogP contribution in [0.15, 0.2) is 28.0 Å². The van der Waals surface area contributed by atoms with Gasteiger partial charge >= 0.3 is 0 Å². The molecule has 1 N–H and O–H groups in total. The summed E-state index contributed by atoms with van der Waals surface area (Å²) in [6, 6.07) is 4.33. The summed E-state index contributed by atoms with van der Waals surface area (Å²) < 4.78 is 37.7. The molecule has 5 heteroatoms. The molecule has 2 rings (SSSR count). The zero-order chi connectivity index (χ0) is 12.5. The van der Waals surface area contributed by atoms with E-state index in [0.29, 0.717) is 16.9 Å². The van der Waals surface area contributed by atoms with Crippen LogP contribution in [0, 0.1) is 5.82 Å². The minimum atomic E-state index is -3.60. The summed E-state index contributed by atoms with van der Waals surface area (Å²) in [7, 11) is -1.79. The van der Waals surface area contributed by atoms with E-state index in [9.17, 15) is 12.8 Å². The molecular weight excluding hydrogens is 241 g/mol. The summed E-state index contributed by atoms with van der Waals surface area (Å²) in [6.45, 7) is 0.742. The smallest absolute Gasteiger partial charge is 0.206 e. The van der Waals surface area contributed by atoms with Gasteiger partial charge in [0.15, 0.2) is 0 Å². The Hall–Kier alpha value is -1.20. The van der Waals surface area contributed by atoms with E-state index in [4.69, 9.17) is 0 Å². The molecule has 0 saturated heterocycles. The summed E-state index contributed by atoms with van der Waals surface area (Å²) in [5.41, 5.74) is 0.462. The van der Waals surface area contributed by atoms with Crippen molar-refractivity contribution < 1.29 is 12.8 Å². The second kappa shape index (κ2) is 4.58. The maximum atomic E-state index is 13.5. The number of halogens is 1. The minimum Gasteiger partial charge on any atom is -0.320 e. The molecule has 0 aromatic heterocycles. The molecule has 0 atom stereocenters. The van der Waals surface area contributed by atoms with Crippen LogP contribution in [0.1, 0.15) is 18.4 Å². The van der Waals surface area contributed by atoms with E-state index < -0.39 is 15.7 Å². The van der Waals surface area contributed by atoms with Crippen molar-refractivity contribution in [3.63, 3.8) is 0 Å². The molecule has 0 spiro atoms. The molecule has 1 heterocycles. The third kappa shape index (κ3) is 2.12. The molecule has 0 unspecified atom stereocenters. The summed E-state index contributed by atoms with van der Waals surface area (Å²) in [4.78, 5) is 0.146. The van der Waals surface area contributed by atoms with E-state index in [1.165, 1.54) is 12.1 Å². The van der Waals surface area contributed by atoms with Gasteiger partial charge in [0.2, 0.25) is 9.84 Å². The average molecular weight is 255 g/mol. The van der Waals surface area contributed by atoms with Crippen molar-refractivity contribution in [1.29, 1.82) is 0 Å². The van der Waals surface area contributed by atoms with Gasteiger partial charge in [-0.05, 0) is 44.1 Å². The van der Waals surface area contributed by atoms with Crippen LogP contribution in [-0.2, 0) is 9.84 Å². The van der Waals surface area contributed by atoms with Crippen molar-refractivity contribution in [2.24, 2.45) is 0 Å². The van der Waals surface area contributed by atoms with Crippen LogP contribution in [0.3, 0.4) is 0 Å². The number of benzene rings is 1. The number of hydrogen-bond donors (Lipinski definition) is 1. The Morgan fingerprint density at radius 2 is 2.12 bits per heavy atom. The number of hydrogen-bond acceptors (Lipinski definition) is 3. The van der Waals surface area contributed by atoms with Crippen LogP contribution in [0.5, 0.6) is 0 Å². The number of allylic oxidation sites excluding steroid dienone is 1. The molecule has 1 aliphatic heterocycles. The molecule has 1 aliphatic rings. The highest BCUT2D eigenvalue weighted by Gasteiger charge is 2.31. The number of sulfone groups is 1. The van der Waals surface area contributed by atoms with Gasteiger partial charge in [-0.15, -0.1) is 0 Å². The summed E-state index contributed by atoms with van der Waals surface area (Å²) in [6.07, 6.45) is 2.73. The lowest BCUT2D eigenvalue weighted by Gasteiger charge is -2.04. The molecule has 0 radical (unpaired) electrons. The first-order valence-electron chi connectivity index (χ1n) is 5.46. The van der Waals surface area contributed by atoms with Crippen molar-refractivity contribution in [3.8, 4) is 0 Å². The molecule has 1 aromatic carbocycles. The van der Waals surface area contributed by atoms with Crippen molar-refractivity contribution in [1.82, 2.24) is 5.32 Å². The number of nitrogens with one attached hydrogen (secondary N) is 1. The van der Waals surface area contributed by atoms with Gasteiger partial charge in [0.05, 0.1) is 4.91 Å². The summed E-state index contributed by atoms with van der Waals surface area (Å²) in [5, 5.41) is 2.96. The van der Waals surface area contributed by atoms with Gasteiger partial charge in [0, 0.05) is 0 Å². The minimum absolute atomic E-state index is 0.167. The average Bonchev–Trinajstić information content (AvgIpc) is 2.52. The van der Waals surface area contributed by atoms with Gasteiger partial charge in [-0.25, -0.2) is 12.8 Å². The van der Waals surface area contributed by atoms with E-state index in [2.05, 4.69) is 5.32 Å². The molecule has 0 bridgehead atoms. The van der Waals surface area contributed by atoms with Gasteiger partial charge in [0.1, 0.15) is 10.7 Å². The fraction of sp³-hybridized carbons (Fsp3) is 0.333. The maximum absolute atomic E-state index is 13.5. The quantitative estimate of drug-likeness (QED) is 0.836. The third-order valence-electron chi connectivity index (χ3n) is 2.78. The van der Waals surface area contributed by atoms with Crippen LogP contribution in [0.25, 0.3) is 6.08 Å². The number of rotatable bonds is 4. The van der Waals surface area contributed by atoms with Crippen molar-refractivity contribution in [2.75, 3.05) is 13.6 Å². The lowest BCUT2D eigenvalue weighted by Crippen LogP contribution is -2.09. The highest BCUT2D eigenvalue weighted by molar-refractivity contribution is 7.95. The Bertz CT molecular complexity index is 564. The molecule has 0 aliphatic carbocycles. The van der Waals surface area contributed by atoms with Crippen LogP contribution >= 0.6 is 0 Å². The van der Waals surface area contributed by atoms with Crippen molar-refractivity contribution in [2.45, 2.75) is 17.7 Å². The van der Waals surface area contributed by atoms with Crippen LogP contribution in [-0.4, -0.2) is 22.0 Å². The van der Waals surface area contributed by atoms with Gasteiger partial charge in [-0.2, -0.15) is 0 Å². The van der Waals surface area contributed by atoms with E-state index >= 15 is 0 Å². The van der Waals surface area contributed by atoms with Crippen LogP contribution in [0.2, 0.25) is 0 Å². The summed E-state index contributed by atoms with van der Waals surface area (Å²) in [5.74, 6) is -0.664. The fourth-order valence-electron chi connectivity index (χ4n) is 1.95. The molecule has 3 nitrogen and oxygen atoms in total. The Labute approximate surface area is 100 Å². The van der Waals surface area contributed by atoms with Gasteiger partial charge < -0.3 is 5.32 Å². The van der Waals surface area contributed by atoms with Gasteiger partial charge in [-0.3, -0.25) is 0 Å². The highest BCUT2D eigenvalue weighted by Crippen LogP contribution is 2.36. The van der Waals surface area contributed by atoms with Gasteiger partial charge in [-0.1, -0.05) is 12.1 Å². The lowest BCUT2D eigenvalue weighted by molar-refractivity contribution is 0.570. The van der Waals surface area contributed by atoms with Crippen LogP contribution < -0.4 is 5.32 Å². The van der Waals surface area contributed by atoms with Crippen molar-refractivity contribution >= 4 is 15.9 Å². The van der Waals surface area contributed by atoms with E-state index in [1.807, 2.05) is 7.05 Å². The summed E-state index contributed by atoms with van der Waals surface area (Å²) >= 11 is 0. The normalized spacial score (nSPS) is 16.7. The third-order valence-corrected chi connectivity index (χ3v) is 4.76. The van der Waals surface area contributed by atoms with E-state index in [-0.39, 0.29) is 4.90 Å². The zero-order valence-corrected chi connectivity index (χ0v) is 10.3. The largest absolute Gasteiger partial charge is 0.320 e. The predicted molar refractivity (Wildman–Crippen MR) is 64.7 cm³/mol. The van der Waals surface area contributed by atoms with E-state index in [0.717, 1.165) is 13.0 Å². The molecule has 0 amide bonds. The second-order valence-electron chi connectivity index (χ2n) is 3.98. The highest BCUT2D eigenvalue weighted by atomic mass is 32.2. The molecule has 1 aromatic rings. The first kappa shape index (κ1) is 12.3. The standard InChI is InChI=1S/C12H14FNO2S/c1-14-7-3-5-10-8-9-4-2-6-11(13)12(9)17(10,15)16/h2,4,6,8,14H,3,5,7H2,1H3. The van der Waals surface area contributed by atoms with Crippen LogP contribution in [0.4, 0.5) is 4.39 Å². The SMILES string of the molecule is CNCCCC1=Cc2cccc(F)c2S1(=O)=O. The Morgan fingerprint density at radius 3 is 2.76 bits per heavy atom. The first-order valence-corrected chi connectivity index (χ1v) is 6.94.